The molecule has 0 fully saturated rings. The molecule has 3 aromatic rings. The third-order valence-electron chi connectivity index (χ3n) is 5.71. The number of aryl methyl sites for hydroxylation is 2. The monoisotopic (exact) mass is 384 g/mol. The van der Waals surface area contributed by atoms with Gasteiger partial charge in [-0.25, -0.2) is 8.78 Å². The van der Waals surface area contributed by atoms with Crippen LogP contribution in [0.4, 0.5) is 14.5 Å². The molecule has 2 aromatic carbocycles. The van der Waals surface area contributed by atoms with Gasteiger partial charge in [-0.2, -0.15) is 0 Å². The molecule has 6 heteroatoms. The Bertz CT molecular complexity index is 1120. The van der Waals surface area contributed by atoms with Crippen LogP contribution >= 0.6 is 0 Å². The molecule has 4 nitrogen and oxygen atoms in total. The fourth-order valence-corrected chi connectivity index (χ4v) is 4.51. The van der Waals surface area contributed by atoms with Crippen LogP contribution in [0.5, 0.6) is 0 Å². The van der Waals surface area contributed by atoms with E-state index in [1.54, 1.807) is 6.92 Å². The zero-order valence-corrected chi connectivity index (χ0v) is 16.4. The van der Waals surface area contributed by atoms with Crippen molar-refractivity contribution in [2.45, 2.75) is 33.7 Å². The number of likely N-dealkylation sites (N-methyl/N-ethyl adjacent to an activating group) is 1. The van der Waals surface area contributed by atoms with Gasteiger partial charge in [-0.05, 0) is 55.7 Å². The normalized spacial score (nSPS) is 13.4. The van der Waals surface area contributed by atoms with Crippen LogP contribution in [0.25, 0.3) is 22.0 Å². The first-order valence-corrected chi connectivity index (χ1v) is 9.25. The SMILES string of the molecule is Cc1cc(F)c(-c2c(CC(=O)O)c(C)c3c4c2cc(C)n4CCN3C)c(F)c1. The molecule has 2 heterocycles. The summed E-state index contributed by atoms with van der Waals surface area (Å²) in [7, 11) is 1.96. The Morgan fingerprint density at radius 3 is 2.32 bits per heavy atom. The number of benzene rings is 2. The minimum Gasteiger partial charge on any atom is -0.481 e. The van der Waals surface area contributed by atoms with Gasteiger partial charge < -0.3 is 14.6 Å². The maximum Gasteiger partial charge on any atom is 0.307 e. The lowest BCUT2D eigenvalue weighted by atomic mass is 9.88. The van der Waals surface area contributed by atoms with Gasteiger partial charge in [0, 0.05) is 36.8 Å². The summed E-state index contributed by atoms with van der Waals surface area (Å²) in [6.07, 6.45) is -0.297. The number of hydrogen-bond donors (Lipinski definition) is 1. The van der Waals surface area contributed by atoms with Gasteiger partial charge in [-0.3, -0.25) is 4.79 Å². The van der Waals surface area contributed by atoms with E-state index >= 15 is 0 Å². The lowest BCUT2D eigenvalue weighted by Gasteiger charge is -2.31. The average Bonchev–Trinajstić information content (AvgIpc) is 2.91. The Balaban J connectivity index is 2.22. The maximum atomic E-state index is 14.9. The number of aliphatic carboxylic acids is 1. The van der Waals surface area contributed by atoms with E-state index in [1.807, 2.05) is 27.0 Å². The zero-order valence-electron chi connectivity index (χ0n) is 16.4. The van der Waals surface area contributed by atoms with Crippen molar-refractivity contribution in [2.75, 3.05) is 18.5 Å². The van der Waals surface area contributed by atoms with Crippen LogP contribution in [0, 0.1) is 32.4 Å². The Hall–Kier alpha value is -2.89. The first kappa shape index (κ1) is 18.5. The second-order valence-electron chi connectivity index (χ2n) is 7.62. The smallest absolute Gasteiger partial charge is 0.307 e. The molecule has 0 atom stereocenters. The van der Waals surface area contributed by atoms with E-state index < -0.39 is 17.6 Å². The molecule has 1 N–H and O–H groups in total. The minimum atomic E-state index is -1.03. The predicted octanol–water partition coefficient (Wildman–Crippen LogP) is 4.59. The van der Waals surface area contributed by atoms with Gasteiger partial charge in [0.05, 0.1) is 23.2 Å². The van der Waals surface area contributed by atoms with Crippen molar-refractivity contribution in [3.8, 4) is 11.1 Å². The van der Waals surface area contributed by atoms with Gasteiger partial charge in [0.1, 0.15) is 11.6 Å². The predicted molar refractivity (Wildman–Crippen MR) is 106 cm³/mol. The van der Waals surface area contributed by atoms with Crippen LogP contribution in [-0.4, -0.2) is 29.2 Å². The number of carboxylic acid groups (broad SMARTS) is 1. The summed E-state index contributed by atoms with van der Waals surface area (Å²) in [5, 5.41) is 10.2. The van der Waals surface area contributed by atoms with Crippen molar-refractivity contribution < 1.29 is 18.7 Å². The lowest BCUT2D eigenvalue weighted by molar-refractivity contribution is -0.136. The summed E-state index contributed by atoms with van der Waals surface area (Å²) in [6, 6.07) is 4.50. The summed E-state index contributed by atoms with van der Waals surface area (Å²) < 4.78 is 32.0. The minimum absolute atomic E-state index is 0.151. The van der Waals surface area contributed by atoms with Crippen molar-refractivity contribution >= 4 is 22.6 Å². The number of rotatable bonds is 3. The van der Waals surface area contributed by atoms with Gasteiger partial charge in [0.15, 0.2) is 0 Å². The molecule has 0 saturated carbocycles. The van der Waals surface area contributed by atoms with Crippen molar-refractivity contribution in [3.63, 3.8) is 0 Å². The van der Waals surface area contributed by atoms with E-state index in [4.69, 9.17) is 0 Å². The van der Waals surface area contributed by atoms with Crippen LogP contribution in [-0.2, 0) is 17.8 Å². The van der Waals surface area contributed by atoms with Crippen LogP contribution in [0.3, 0.4) is 0 Å². The molecule has 0 spiro atoms. The quantitative estimate of drug-likeness (QED) is 0.719. The molecule has 1 aromatic heterocycles. The molecular weight excluding hydrogens is 362 g/mol. The third kappa shape index (κ3) is 2.58. The molecule has 28 heavy (non-hydrogen) atoms. The molecule has 0 amide bonds. The summed E-state index contributed by atoms with van der Waals surface area (Å²) in [5.41, 5.74) is 4.73. The molecule has 1 aliphatic heterocycles. The summed E-state index contributed by atoms with van der Waals surface area (Å²) in [6.45, 7) is 7.00. The van der Waals surface area contributed by atoms with Crippen LogP contribution in [0.1, 0.15) is 22.4 Å². The number of halogens is 2. The fraction of sp³-hybridized carbons (Fsp3) is 0.318. The topological polar surface area (TPSA) is 45.5 Å². The number of nitrogens with zero attached hydrogens (tertiary/aromatic N) is 2. The van der Waals surface area contributed by atoms with Gasteiger partial charge in [-0.15, -0.1) is 0 Å². The summed E-state index contributed by atoms with van der Waals surface area (Å²) >= 11 is 0. The molecule has 0 saturated heterocycles. The Kier molecular flexibility index (Phi) is 4.17. The van der Waals surface area contributed by atoms with E-state index in [0.29, 0.717) is 22.1 Å². The van der Waals surface area contributed by atoms with Crippen LogP contribution < -0.4 is 4.90 Å². The van der Waals surface area contributed by atoms with E-state index in [1.165, 1.54) is 12.1 Å². The van der Waals surface area contributed by atoms with Crippen LogP contribution in [0.15, 0.2) is 18.2 Å². The van der Waals surface area contributed by atoms with Crippen molar-refractivity contribution in [2.24, 2.45) is 0 Å². The highest BCUT2D eigenvalue weighted by atomic mass is 19.1. The fourth-order valence-electron chi connectivity index (χ4n) is 4.51. The molecule has 146 valence electrons. The molecular formula is C22H22F2N2O2. The largest absolute Gasteiger partial charge is 0.481 e. The van der Waals surface area contributed by atoms with E-state index in [-0.39, 0.29) is 12.0 Å². The average molecular weight is 384 g/mol. The second kappa shape index (κ2) is 6.33. The second-order valence-corrected chi connectivity index (χ2v) is 7.62. The lowest BCUT2D eigenvalue weighted by Crippen LogP contribution is -2.29. The van der Waals surface area contributed by atoms with E-state index in [0.717, 1.165) is 35.6 Å². The van der Waals surface area contributed by atoms with Crippen molar-refractivity contribution in [1.82, 2.24) is 4.57 Å². The third-order valence-corrected chi connectivity index (χ3v) is 5.71. The molecule has 0 bridgehead atoms. The highest BCUT2D eigenvalue weighted by Crippen LogP contribution is 2.45. The number of anilines is 1. The van der Waals surface area contributed by atoms with Gasteiger partial charge in [0.25, 0.3) is 0 Å². The van der Waals surface area contributed by atoms with Crippen molar-refractivity contribution in [1.29, 1.82) is 0 Å². The number of carboxylic acids is 1. The van der Waals surface area contributed by atoms with Crippen molar-refractivity contribution in [3.05, 3.63) is 52.2 Å². The summed E-state index contributed by atoms with van der Waals surface area (Å²) in [5.74, 6) is -2.37. The Morgan fingerprint density at radius 1 is 1.07 bits per heavy atom. The highest BCUT2D eigenvalue weighted by Gasteiger charge is 2.29. The van der Waals surface area contributed by atoms with Gasteiger partial charge in [-0.1, -0.05) is 0 Å². The van der Waals surface area contributed by atoms with Crippen LogP contribution in [0.2, 0.25) is 0 Å². The Labute approximate surface area is 162 Å². The molecule has 0 aliphatic carbocycles. The first-order valence-electron chi connectivity index (χ1n) is 9.25. The van der Waals surface area contributed by atoms with E-state index in [9.17, 15) is 18.7 Å². The summed E-state index contributed by atoms with van der Waals surface area (Å²) in [4.78, 5) is 13.7. The number of aromatic nitrogens is 1. The van der Waals surface area contributed by atoms with Gasteiger partial charge >= 0.3 is 5.97 Å². The van der Waals surface area contributed by atoms with Gasteiger partial charge in [0.2, 0.25) is 0 Å². The highest BCUT2D eigenvalue weighted by molar-refractivity contribution is 6.07. The molecule has 1 aliphatic rings. The molecule has 0 unspecified atom stereocenters. The first-order chi connectivity index (χ1) is 13.2. The number of carbonyl (C=O) groups is 1. The van der Waals surface area contributed by atoms with E-state index in [2.05, 4.69) is 9.47 Å². The molecule has 4 rings (SSSR count). The maximum absolute atomic E-state index is 14.9. The number of hydrogen-bond acceptors (Lipinski definition) is 2. The standard InChI is InChI=1S/C22H22F2N2O2/c1-11-7-16(23)20(17(24)8-11)19-14(10-18(27)28)13(3)21-22-15(19)9-12(2)26(22)6-5-25(21)4/h7-9H,5-6,10H2,1-4H3,(H,27,28). The Morgan fingerprint density at radius 2 is 1.71 bits per heavy atom. The molecule has 0 radical (unpaired) electrons. The zero-order chi connectivity index (χ0) is 20.3.